The third-order valence-corrected chi connectivity index (χ3v) is 3.36. The van der Waals surface area contributed by atoms with Gasteiger partial charge in [0.15, 0.2) is 5.65 Å². The fourth-order valence-corrected chi connectivity index (χ4v) is 2.30. The first-order valence-electron chi connectivity index (χ1n) is 6.06. The van der Waals surface area contributed by atoms with Crippen molar-refractivity contribution in [1.29, 1.82) is 0 Å². The lowest BCUT2D eigenvalue weighted by Gasteiger charge is -2.04. The summed E-state index contributed by atoms with van der Waals surface area (Å²) in [6.07, 6.45) is 9.76. The zero-order chi connectivity index (χ0) is 15.2. The molecule has 0 saturated heterocycles. The molecule has 5 nitrogen and oxygen atoms in total. The van der Waals surface area contributed by atoms with Crippen molar-refractivity contribution in [2.24, 2.45) is 0 Å². The SMILES string of the molecule is C=C/C=C\C=C(/C=C)NC(=O)c1cnc2[nH]c(=O)sc2c1. The fourth-order valence-electron chi connectivity index (χ4n) is 1.56. The molecule has 0 aromatic carbocycles. The van der Waals surface area contributed by atoms with E-state index in [1.807, 2.05) is 0 Å². The van der Waals surface area contributed by atoms with Gasteiger partial charge in [0, 0.05) is 11.9 Å². The van der Waals surface area contributed by atoms with E-state index >= 15 is 0 Å². The Morgan fingerprint density at radius 3 is 2.90 bits per heavy atom. The fraction of sp³-hybridized carbons (Fsp3) is 0. The molecule has 2 heterocycles. The van der Waals surface area contributed by atoms with Crippen molar-refractivity contribution in [1.82, 2.24) is 15.3 Å². The van der Waals surface area contributed by atoms with Gasteiger partial charge in [-0.3, -0.25) is 14.6 Å². The number of aromatic amines is 1. The molecule has 6 heteroatoms. The molecule has 0 aliphatic heterocycles. The maximum absolute atomic E-state index is 12.1. The molecule has 0 unspecified atom stereocenters. The maximum Gasteiger partial charge on any atom is 0.306 e. The van der Waals surface area contributed by atoms with Gasteiger partial charge in [0.25, 0.3) is 5.91 Å². The Kier molecular flexibility index (Phi) is 4.63. The van der Waals surface area contributed by atoms with Crippen LogP contribution in [0.15, 0.2) is 66.3 Å². The Balaban J connectivity index is 2.22. The van der Waals surface area contributed by atoms with Gasteiger partial charge in [0.05, 0.1) is 10.3 Å². The van der Waals surface area contributed by atoms with E-state index in [9.17, 15) is 9.59 Å². The highest BCUT2D eigenvalue weighted by Crippen LogP contribution is 2.13. The molecule has 0 bridgehead atoms. The molecule has 2 aromatic heterocycles. The largest absolute Gasteiger partial charge is 0.322 e. The molecule has 0 aliphatic carbocycles. The molecule has 2 aromatic rings. The lowest BCUT2D eigenvalue weighted by atomic mass is 10.2. The third kappa shape index (κ3) is 3.64. The number of hydrogen-bond donors (Lipinski definition) is 2. The highest BCUT2D eigenvalue weighted by atomic mass is 32.1. The van der Waals surface area contributed by atoms with Crippen molar-refractivity contribution in [3.8, 4) is 0 Å². The number of rotatable bonds is 5. The molecule has 21 heavy (non-hydrogen) atoms. The zero-order valence-corrected chi connectivity index (χ0v) is 11.9. The third-order valence-electron chi connectivity index (χ3n) is 2.54. The van der Waals surface area contributed by atoms with Crippen LogP contribution in [-0.2, 0) is 0 Å². The molecule has 0 aliphatic rings. The van der Waals surface area contributed by atoms with Crippen LogP contribution in [0.5, 0.6) is 0 Å². The summed E-state index contributed by atoms with van der Waals surface area (Å²) >= 11 is 1.01. The van der Waals surface area contributed by atoms with Gasteiger partial charge >= 0.3 is 4.87 Å². The molecule has 106 valence electrons. The van der Waals surface area contributed by atoms with Gasteiger partial charge in [-0.25, -0.2) is 4.98 Å². The molecular formula is C15H13N3O2S. The smallest absolute Gasteiger partial charge is 0.306 e. The minimum Gasteiger partial charge on any atom is -0.322 e. The van der Waals surface area contributed by atoms with Crippen LogP contribution < -0.4 is 10.2 Å². The summed E-state index contributed by atoms with van der Waals surface area (Å²) in [5.74, 6) is -0.316. The number of hydrogen-bond acceptors (Lipinski definition) is 4. The number of carbonyl (C=O) groups excluding carboxylic acids is 1. The van der Waals surface area contributed by atoms with E-state index < -0.39 is 0 Å². The van der Waals surface area contributed by atoms with Gasteiger partial charge in [0.1, 0.15) is 0 Å². The Bertz CT molecular complexity index is 812. The molecule has 2 rings (SSSR count). The lowest BCUT2D eigenvalue weighted by molar-refractivity contribution is 0.0967. The van der Waals surface area contributed by atoms with Gasteiger partial charge in [-0.2, -0.15) is 0 Å². The number of thiazole rings is 1. The van der Waals surface area contributed by atoms with E-state index in [2.05, 4.69) is 28.4 Å². The molecule has 1 amide bonds. The van der Waals surface area contributed by atoms with Crippen molar-refractivity contribution < 1.29 is 4.79 Å². The number of pyridine rings is 1. The second-order valence-electron chi connectivity index (χ2n) is 3.99. The Labute approximate surface area is 125 Å². The first-order valence-corrected chi connectivity index (χ1v) is 6.87. The quantitative estimate of drug-likeness (QED) is 0.833. The molecule has 0 atom stereocenters. The predicted octanol–water partition coefficient (Wildman–Crippen LogP) is 2.53. The van der Waals surface area contributed by atoms with Crippen molar-refractivity contribution in [2.45, 2.75) is 0 Å². The van der Waals surface area contributed by atoms with Gasteiger partial charge in [-0.15, -0.1) is 0 Å². The van der Waals surface area contributed by atoms with Crippen LogP contribution in [0.4, 0.5) is 0 Å². The molecule has 0 saturated carbocycles. The minimum atomic E-state index is -0.316. The zero-order valence-electron chi connectivity index (χ0n) is 11.1. The van der Waals surface area contributed by atoms with Gasteiger partial charge in [-0.1, -0.05) is 42.7 Å². The van der Waals surface area contributed by atoms with E-state index in [1.165, 1.54) is 12.3 Å². The Morgan fingerprint density at radius 2 is 2.19 bits per heavy atom. The number of H-pyrrole nitrogens is 1. The van der Waals surface area contributed by atoms with Crippen LogP contribution in [0.2, 0.25) is 0 Å². The van der Waals surface area contributed by atoms with Crippen LogP contribution in [0.25, 0.3) is 10.3 Å². The summed E-state index contributed by atoms with van der Waals surface area (Å²) < 4.78 is 0.642. The number of aromatic nitrogens is 2. The first kappa shape index (κ1) is 14.7. The van der Waals surface area contributed by atoms with Crippen molar-refractivity contribution in [3.63, 3.8) is 0 Å². The second-order valence-corrected chi connectivity index (χ2v) is 5.00. The number of nitrogens with one attached hydrogen (secondary N) is 2. The van der Waals surface area contributed by atoms with Gasteiger partial charge in [-0.05, 0) is 18.2 Å². The van der Waals surface area contributed by atoms with Crippen molar-refractivity contribution in [2.75, 3.05) is 0 Å². The van der Waals surface area contributed by atoms with Gasteiger partial charge < -0.3 is 5.32 Å². The number of allylic oxidation sites excluding steroid dienone is 5. The van der Waals surface area contributed by atoms with E-state index in [0.717, 1.165) is 11.3 Å². The average Bonchev–Trinajstić information content (AvgIpc) is 2.85. The lowest BCUT2D eigenvalue weighted by Crippen LogP contribution is -2.21. The van der Waals surface area contributed by atoms with Crippen LogP contribution in [0.3, 0.4) is 0 Å². The van der Waals surface area contributed by atoms with E-state index in [-0.39, 0.29) is 10.8 Å². The summed E-state index contributed by atoms with van der Waals surface area (Å²) in [6, 6.07) is 1.63. The molecule has 2 N–H and O–H groups in total. The van der Waals surface area contributed by atoms with Crippen molar-refractivity contribution in [3.05, 3.63) is 76.7 Å². The summed E-state index contributed by atoms with van der Waals surface area (Å²) in [7, 11) is 0. The van der Waals surface area contributed by atoms with E-state index in [0.29, 0.717) is 21.6 Å². The maximum atomic E-state index is 12.1. The second kappa shape index (κ2) is 6.62. The topological polar surface area (TPSA) is 74.8 Å². The number of amides is 1. The summed E-state index contributed by atoms with van der Waals surface area (Å²) in [4.78, 5) is 29.8. The predicted molar refractivity (Wildman–Crippen MR) is 85.3 cm³/mol. The molecule has 0 radical (unpaired) electrons. The summed E-state index contributed by atoms with van der Waals surface area (Å²) in [5.41, 5.74) is 1.41. The highest BCUT2D eigenvalue weighted by Gasteiger charge is 2.09. The highest BCUT2D eigenvalue weighted by molar-refractivity contribution is 7.16. The monoisotopic (exact) mass is 299 g/mol. The van der Waals surface area contributed by atoms with Crippen molar-refractivity contribution >= 4 is 27.6 Å². The summed E-state index contributed by atoms with van der Waals surface area (Å²) in [5, 5.41) is 2.71. The molecule has 0 spiro atoms. The van der Waals surface area contributed by atoms with Crippen LogP contribution >= 0.6 is 11.3 Å². The van der Waals surface area contributed by atoms with E-state index in [4.69, 9.17) is 0 Å². The standard InChI is InChI=1S/C15H13N3O2S/c1-3-5-6-7-11(4-2)17-14(19)10-8-12-13(16-9-10)18-15(20)21-12/h3-9H,1-2H2,(H,17,19)(H,16,18,20)/b6-5-,11-7+. The molecular weight excluding hydrogens is 286 g/mol. The van der Waals surface area contributed by atoms with Crippen LogP contribution in [0, 0.1) is 0 Å². The number of carbonyl (C=O) groups is 1. The number of nitrogens with zero attached hydrogens (tertiary/aromatic N) is 1. The Morgan fingerprint density at radius 1 is 1.38 bits per heavy atom. The van der Waals surface area contributed by atoms with E-state index in [1.54, 1.807) is 30.4 Å². The molecule has 0 fully saturated rings. The van der Waals surface area contributed by atoms with Crippen LogP contribution in [-0.4, -0.2) is 15.9 Å². The van der Waals surface area contributed by atoms with Gasteiger partial charge in [0.2, 0.25) is 0 Å². The number of fused-ring (bicyclic) bond motifs is 1. The van der Waals surface area contributed by atoms with Crippen LogP contribution in [0.1, 0.15) is 10.4 Å². The first-order chi connectivity index (χ1) is 10.1. The normalized spacial score (nSPS) is 11.7. The average molecular weight is 299 g/mol. The summed E-state index contributed by atoms with van der Waals surface area (Å²) in [6.45, 7) is 7.20. The minimum absolute atomic E-state index is 0.198. The Hall–Kier alpha value is -2.73.